The maximum atomic E-state index is 13.4. The molecule has 0 aromatic heterocycles. The van der Waals surface area contributed by atoms with Gasteiger partial charge >= 0.3 is 0 Å². The second-order valence-corrected chi connectivity index (χ2v) is 15.0. The summed E-state index contributed by atoms with van der Waals surface area (Å²) in [6.07, 6.45) is 11.1. The Kier molecular flexibility index (Phi) is 8.11. The first-order valence-electron chi connectivity index (χ1n) is 15.7. The van der Waals surface area contributed by atoms with E-state index in [-0.39, 0.29) is 12.9 Å². The van der Waals surface area contributed by atoms with Gasteiger partial charge in [-0.15, -0.1) is 0 Å². The van der Waals surface area contributed by atoms with E-state index in [9.17, 15) is 8.42 Å². The predicted octanol–water partition coefficient (Wildman–Crippen LogP) is 6.42. The molecule has 42 heavy (non-hydrogen) atoms. The Morgan fingerprint density at radius 1 is 0.786 bits per heavy atom. The molecule has 2 aliphatic carbocycles. The van der Waals surface area contributed by atoms with Crippen LogP contribution in [-0.4, -0.2) is 33.6 Å². The summed E-state index contributed by atoms with van der Waals surface area (Å²) in [5.74, 6) is 0. The molecule has 4 atom stereocenters. The third kappa shape index (κ3) is 5.47. The molecule has 6 nitrogen and oxygen atoms in total. The molecule has 4 aliphatic rings. The quantitative estimate of drug-likeness (QED) is 0.320. The Morgan fingerprint density at radius 3 is 2.05 bits per heavy atom. The summed E-state index contributed by atoms with van der Waals surface area (Å²) in [6, 6.07) is 24.3. The first-order chi connectivity index (χ1) is 20.2. The average Bonchev–Trinajstić information content (AvgIpc) is 3.36. The average molecular weight is 590 g/mol. The summed E-state index contributed by atoms with van der Waals surface area (Å²) >= 11 is 0. The van der Waals surface area contributed by atoms with Gasteiger partial charge in [-0.3, -0.25) is 4.31 Å². The Bertz CT molecular complexity index is 1510. The Morgan fingerprint density at radius 2 is 1.38 bits per heavy atom. The Hall–Kier alpha value is -2.87. The number of rotatable bonds is 2. The van der Waals surface area contributed by atoms with Crippen molar-refractivity contribution in [2.45, 2.75) is 88.1 Å². The van der Waals surface area contributed by atoms with Crippen molar-refractivity contribution < 1.29 is 9.84 Å². The third-order valence-electron chi connectivity index (χ3n) is 10.7. The van der Waals surface area contributed by atoms with Gasteiger partial charge in [0.15, 0.2) is 0 Å². The fourth-order valence-electron chi connectivity index (χ4n) is 8.05. The zero-order valence-corrected chi connectivity index (χ0v) is 25.7. The molecule has 2 spiro atoms. The van der Waals surface area contributed by atoms with E-state index in [1.165, 1.54) is 36.9 Å². The maximum Gasteiger partial charge on any atom is 0.264 e. The fourth-order valence-corrected chi connectivity index (χ4v) is 9.56. The SMILES string of the molecule is Cc1ccc(S(=O)(=O)N2CCC3(CCCC3N)Cc3ccccc32)cc1.NC1CCCC12CCNc1ccccc1C2.[2HH]. The zero-order chi connectivity index (χ0) is 29.4. The van der Waals surface area contributed by atoms with E-state index in [1.54, 1.807) is 16.4 Å². The molecule has 0 radical (unpaired) electrons. The van der Waals surface area contributed by atoms with Gasteiger partial charge in [-0.25, -0.2) is 8.42 Å². The number of para-hydroxylation sites is 2. The highest BCUT2D eigenvalue weighted by molar-refractivity contribution is 7.92. The topological polar surface area (TPSA) is 101 Å². The van der Waals surface area contributed by atoms with Crippen molar-refractivity contribution in [3.63, 3.8) is 0 Å². The van der Waals surface area contributed by atoms with Gasteiger partial charge in [-0.05, 0) is 105 Å². The van der Waals surface area contributed by atoms with Gasteiger partial charge in [0.25, 0.3) is 10.0 Å². The van der Waals surface area contributed by atoms with E-state index >= 15 is 0 Å². The van der Waals surface area contributed by atoms with E-state index < -0.39 is 10.0 Å². The fraction of sp³-hybridized carbons (Fsp3) is 0.486. The number of nitrogens with one attached hydrogen (secondary N) is 1. The van der Waals surface area contributed by atoms with Crippen molar-refractivity contribution in [2.75, 3.05) is 22.7 Å². The number of sulfonamides is 1. The van der Waals surface area contributed by atoms with Gasteiger partial charge in [0.2, 0.25) is 0 Å². The second-order valence-electron chi connectivity index (χ2n) is 13.2. The molecule has 4 unspecified atom stereocenters. The molecule has 2 fully saturated rings. The monoisotopic (exact) mass is 589 g/mol. The molecule has 226 valence electrons. The smallest absolute Gasteiger partial charge is 0.264 e. The number of hydrogen-bond acceptors (Lipinski definition) is 5. The minimum atomic E-state index is -3.59. The van der Waals surface area contributed by atoms with Crippen LogP contribution in [0, 0.1) is 17.8 Å². The van der Waals surface area contributed by atoms with Crippen LogP contribution in [0.3, 0.4) is 0 Å². The van der Waals surface area contributed by atoms with Crippen molar-refractivity contribution >= 4 is 21.4 Å². The predicted molar refractivity (Wildman–Crippen MR) is 174 cm³/mol. The molecule has 3 aromatic rings. The first kappa shape index (κ1) is 29.2. The number of aryl methyl sites for hydroxylation is 1. The molecule has 2 heterocycles. The molecule has 3 aromatic carbocycles. The highest BCUT2D eigenvalue weighted by Gasteiger charge is 2.45. The van der Waals surface area contributed by atoms with Crippen LogP contribution in [0.15, 0.2) is 77.7 Å². The summed E-state index contributed by atoms with van der Waals surface area (Å²) in [5, 5.41) is 3.54. The maximum absolute atomic E-state index is 13.4. The molecule has 7 heteroatoms. The molecular formula is C35H48N4O2S. The van der Waals surface area contributed by atoms with Gasteiger partial charge in [-0.2, -0.15) is 0 Å². The largest absolute Gasteiger partial charge is 0.385 e. The van der Waals surface area contributed by atoms with Crippen LogP contribution in [0.5, 0.6) is 0 Å². The molecule has 7 rings (SSSR count). The minimum absolute atomic E-state index is 0. The number of nitrogens with two attached hydrogens (primary N) is 2. The standard InChI is InChI=1S/C21H26N2O2S.C14H20N2.H2/c1-16-8-10-18(11-9-16)26(24,25)23-14-13-21(12-4-7-20(21)22)15-17-5-2-3-6-19(17)23;15-13-6-3-7-14(13)8-9-16-12-5-2-1-4-11(12)10-14;/h2-3,5-6,8-11,20H,4,7,12-15,22H2,1H3;1-2,4-5,13,16H,3,6-10,15H2;1H/i;;1+1. The van der Waals surface area contributed by atoms with Crippen LogP contribution in [0.4, 0.5) is 11.4 Å². The van der Waals surface area contributed by atoms with Crippen molar-refractivity contribution in [3.8, 4) is 0 Å². The summed E-state index contributed by atoms with van der Waals surface area (Å²) < 4.78 is 28.4. The second kappa shape index (κ2) is 11.7. The molecule has 2 aliphatic heterocycles. The van der Waals surface area contributed by atoms with E-state index in [4.69, 9.17) is 11.5 Å². The Labute approximate surface area is 253 Å². The van der Waals surface area contributed by atoms with Crippen LogP contribution >= 0.6 is 0 Å². The molecular weight excluding hydrogens is 540 g/mol. The van der Waals surface area contributed by atoms with Crippen LogP contribution < -0.4 is 21.1 Å². The lowest BCUT2D eigenvalue weighted by molar-refractivity contribution is 0.244. The number of anilines is 2. The minimum Gasteiger partial charge on any atom is -0.385 e. The van der Waals surface area contributed by atoms with Crippen LogP contribution in [0.25, 0.3) is 0 Å². The summed E-state index contributed by atoms with van der Waals surface area (Å²) in [7, 11) is -3.59. The molecule has 0 saturated heterocycles. The van der Waals surface area contributed by atoms with E-state index in [2.05, 4.69) is 35.6 Å². The van der Waals surface area contributed by atoms with Crippen LogP contribution in [0.1, 0.15) is 69.5 Å². The van der Waals surface area contributed by atoms with Gasteiger partial charge in [0, 0.05) is 32.3 Å². The van der Waals surface area contributed by atoms with Crippen molar-refractivity contribution in [2.24, 2.45) is 22.3 Å². The third-order valence-corrected chi connectivity index (χ3v) is 12.5. The zero-order valence-electron chi connectivity index (χ0n) is 24.9. The van der Waals surface area contributed by atoms with Gasteiger partial charge in [0.1, 0.15) is 0 Å². The highest BCUT2D eigenvalue weighted by atomic mass is 32.2. The van der Waals surface area contributed by atoms with Gasteiger partial charge in [0.05, 0.1) is 10.6 Å². The van der Waals surface area contributed by atoms with Crippen molar-refractivity contribution in [3.05, 3.63) is 89.5 Å². The van der Waals surface area contributed by atoms with Gasteiger partial charge in [-0.1, -0.05) is 66.9 Å². The van der Waals surface area contributed by atoms with Crippen molar-refractivity contribution in [1.29, 1.82) is 0 Å². The summed E-state index contributed by atoms with van der Waals surface area (Å²) in [5.41, 5.74) is 19.0. The normalized spacial score (nSPS) is 28.7. The highest BCUT2D eigenvalue weighted by Crippen LogP contribution is 2.48. The summed E-state index contributed by atoms with van der Waals surface area (Å²) in [6.45, 7) is 3.52. The first-order valence-corrected chi connectivity index (χ1v) is 17.2. The number of fused-ring (bicyclic) bond motifs is 2. The van der Waals surface area contributed by atoms with Crippen LogP contribution in [0.2, 0.25) is 0 Å². The number of nitrogens with zero attached hydrogens (tertiary/aromatic N) is 1. The molecule has 0 amide bonds. The Balaban J connectivity index is 0.000000186. The summed E-state index contributed by atoms with van der Waals surface area (Å²) in [4.78, 5) is 0.351. The van der Waals surface area contributed by atoms with E-state index in [0.717, 1.165) is 61.9 Å². The van der Waals surface area contributed by atoms with E-state index in [0.29, 0.717) is 22.9 Å². The van der Waals surface area contributed by atoms with Gasteiger partial charge < -0.3 is 16.8 Å². The lowest BCUT2D eigenvalue weighted by Gasteiger charge is -2.32. The van der Waals surface area contributed by atoms with Crippen LogP contribution in [-0.2, 0) is 22.9 Å². The number of hydrogen-bond donors (Lipinski definition) is 3. The molecule has 2 saturated carbocycles. The molecule has 0 bridgehead atoms. The van der Waals surface area contributed by atoms with Crippen molar-refractivity contribution in [1.82, 2.24) is 0 Å². The van der Waals surface area contributed by atoms with E-state index in [1.807, 2.05) is 37.3 Å². The lowest BCUT2D eigenvalue weighted by atomic mass is 9.75. The number of benzene rings is 3. The lowest BCUT2D eigenvalue weighted by Crippen LogP contribution is -2.40. The molecule has 5 N–H and O–H groups in total.